The van der Waals surface area contributed by atoms with Crippen LogP contribution in [0.1, 0.15) is 16.6 Å². The Morgan fingerprint density at radius 2 is 2.14 bits per heavy atom. The highest BCUT2D eigenvalue weighted by Gasteiger charge is 2.20. The first-order chi connectivity index (χ1) is 10.2. The third-order valence-corrected chi connectivity index (χ3v) is 4.54. The van der Waals surface area contributed by atoms with Crippen molar-refractivity contribution < 1.29 is 9.13 Å². The summed E-state index contributed by atoms with van der Waals surface area (Å²) in [4.78, 5) is 5.51. The molecule has 0 aliphatic carbocycles. The molecule has 3 nitrogen and oxygen atoms in total. The lowest BCUT2D eigenvalue weighted by molar-refractivity contribution is 0.402. The zero-order valence-electron chi connectivity index (χ0n) is 11.8. The van der Waals surface area contributed by atoms with Crippen LogP contribution in [0.25, 0.3) is 10.1 Å². The predicted molar refractivity (Wildman–Crippen MR) is 83.5 cm³/mol. The molecule has 2 heterocycles. The molecular weight excluding hydrogens is 287 g/mol. The maximum Gasteiger partial charge on any atom is 0.142 e. The number of nitrogens with one attached hydrogen (secondary N) is 1. The summed E-state index contributed by atoms with van der Waals surface area (Å²) in [5.41, 5.74) is 0.828. The minimum Gasteiger partial charge on any atom is -0.495 e. The molecule has 0 aliphatic heterocycles. The van der Waals surface area contributed by atoms with Gasteiger partial charge in [-0.1, -0.05) is 0 Å². The van der Waals surface area contributed by atoms with Crippen molar-refractivity contribution in [2.24, 2.45) is 0 Å². The van der Waals surface area contributed by atoms with E-state index in [1.54, 1.807) is 36.8 Å². The standard InChI is InChI=1S/C16H15FN2OS/c1-18-16(15-12(20-2)4-3-7-19-15)14-9-10-8-11(17)5-6-13(10)21-14/h3-9,16,18H,1-2H3. The zero-order valence-corrected chi connectivity index (χ0v) is 12.6. The Morgan fingerprint density at radius 1 is 1.29 bits per heavy atom. The van der Waals surface area contributed by atoms with Gasteiger partial charge in [0.05, 0.1) is 13.2 Å². The Kier molecular flexibility index (Phi) is 3.86. The Hall–Kier alpha value is -1.98. The van der Waals surface area contributed by atoms with Crippen LogP contribution in [0, 0.1) is 5.82 Å². The maximum atomic E-state index is 13.3. The Bertz CT molecular complexity index is 772. The van der Waals surface area contributed by atoms with E-state index in [4.69, 9.17) is 4.74 Å². The third kappa shape index (κ3) is 2.62. The summed E-state index contributed by atoms with van der Waals surface area (Å²) in [5.74, 6) is 0.517. The fourth-order valence-electron chi connectivity index (χ4n) is 2.38. The summed E-state index contributed by atoms with van der Waals surface area (Å²) in [6, 6.07) is 10.5. The monoisotopic (exact) mass is 302 g/mol. The topological polar surface area (TPSA) is 34.2 Å². The average Bonchev–Trinajstić information content (AvgIpc) is 2.91. The van der Waals surface area contributed by atoms with Crippen LogP contribution in [0.15, 0.2) is 42.6 Å². The fraction of sp³-hybridized carbons (Fsp3) is 0.188. The van der Waals surface area contributed by atoms with Crippen LogP contribution in [0.2, 0.25) is 0 Å². The molecule has 1 unspecified atom stereocenters. The van der Waals surface area contributed by atoms with Gasteiger partial charge in [-0.3, -0.25) is 4.98 Å². The van der Waals surface area contributed by atoms with Crippen molar-refractivity contribution in [3.05, 3.63) is 59.0 Å². The average molecular weight is 302 g/mol. The maximum absolute atomic E-state index is 13.3. The number of rotatable bonds is 4. The van der Waals surface area contributed by atoms with Gasteiger partial charge in [0.15, 0.2) is 0 Å². The molecule has 1 N–H and O–H groups in total. The molecule has 3 aromatic rings. The lowest BCUT2D eigenvalue weighted by Crippen LogP contribution is -2.18. The Labute approximate surface area is 126 Å². The van der Waals surface area contributed by atoms with Crippen LogP contribution in [-0.2, 0) is 0 Å². The summed E-state index contributed by atoms with van der Waals surface area (Å²) in [6.45, 7) is 0. The van der Waals surface area contributed by atoms with Gasteiger partial charge >= 0.3 is 0 Å². The third-order valence-electron chi connectivity index (χ3n) is 3.36. The zero-order chi connectivity index (χ0) is 14.8. The molecule has 0 spiro atoms. The first-order valence-electron chi connectivity index (χ1n) is 6.58. The molecule has 21 heavy (non-hydrogen) atoms. The van der Waals surface area contributed by atoms with Crippen molar-refractivity contribution in [3.8, 4) is 5.75 Å². The smallest absolute Gasteiger partial charge is 0.142 e. The number of benzene rings is 1. The molecular formula is C16H15FN2OS. The molecule has 2 aromatic heterocycles. The van der Waals surface area contributed by atoms with Crippen molar-refractivity contribution >= 4 is 21.4 Å². The van der Waals surface area contributed by atoms with Crippen LogP contribution in [-0.4, -0.2) is 19.1 Å². The van der Waals surface area contributed by atoms with Crippen molar-refractivity contribution in [1.82, 2.24) is 10.3 Å². The summed E-state index contributed by atoms with van der Waals surface area (Å²) in [7, 11) is 3.51. The molecule has 0 radical (unpaired) electrons. The molecule has 3 rings (SSSR count). The summed E-state index contributed by atoms with van der Waals surface area (Å²) >= 11 is 1.63. The van der Waals surface area contributed by atoms with Crippen LogP contribution >= 0.6 is 11.3 Å². The number of fused-ring (bicyclic) bond motifs is 1. The number of pyridine rings is 1. The summed E-state index contributed by atoms with van der Waals surface area (Å²) < 4.78 is 19.8. The van der Waals surface area contributed by atoms with E-state index in [0.717, 1.165) is 26.4 Å². The van der Waals surface area contributed by atoms with E-state index in [1.165, 1.54) is 6.07 Å². The molecule has 1 aromatic carbocycles. The number of aromatic nitrogens is 1. The van der Waals surface area contributed by atoms with Crippen LogP contribution in [0.3, 0.4) is 0 Å². The number of hydrogen-bond acceptors (Lipinski definition) is 4. The van der Waals surface area contributed by atoms with Crippen LogP contribution < -0.4 is 10.1 Å². The lowest BCUT2D eigenvalue weighted by atomic mass is 10.1. The number of hydrogen-bond donors (Lipinski definition) is 1. The molecule has 0 bridgehead atoms. The highest BCUT2D eigenvalue weighted by molar-refractivity contribution is 7.19. The second kappa shape index (κ2) is 5.79. The van der Waals surface area contributed by atoms with Gasteiger partial charge in [-0.2, -0.15) is 0 Å². The van der Waals surface area contributed by atoms with Gasteiger partial charge in [-0.25, -0.2) is 4.39 Å². The molecule has 108 valence electrons. The Balaban J connectivity index is 2.09. The second-order valence-corrected chi connectivity index (χ2v) is 5.76. The van der Waals surface area contributed by atoms with Gasteiger partial charge < -0.3 is 10.1 Å². The number of thiophene rings is 1. The lowest BCUT2D eigenvalue weighted by Gasteiger charge is -2.16. The highest BCUT2D eigenvalue weighted by Crippen LogP contribution is 2.35. The van der Waals surface area contributed by atoms with E-state index in [0.29, 0.717) is 0 Å². The Morgan fingerprint density at radius 3 is 2.90 bits per heavy atom. The molecule has 0 saturated carbocycles. The molecule has 0 aliphatic rings. The minimum absolute atomic E-state index is 0.0818. The van der Waals surface area contributed by atoms with Crippen molar-refractivity contribution in [3.63, 3.8) is 0 Å². The first-order valence-corrected chi connectivity index (χ1v) is 7.39. The normalized spacial score (nSPS) is 12.5. The predicted octanol–water partition coefficient (Wildman–Crippen LogP) is 3.75. The summed E-state index contributed by atoms with van der Waals surface area (Å²) in [6.07, 6.45) is 1.75. The molecule has 0 fully saturated rings. The van der Waals surface area contributed by atoms with E-state index >= 15 is 0 Å². The number of halogens is 1. The van der Waals surface area contributed by atoms with E-state index < -0.39 is 0 Å². The highest BCUT2D eigenvalue weighted by atomic mass is 32.1. The number of methoxy groups -OCH3 is 1. The van der Waals surface area contributed by atoms with Gasteiger partial charge in [0.25, 0.3) is 0 Å². The molecule has 0 amide bonds. The summed E-state index contributed by atoms with van der Waals surface area (Å²) in [5, 5.41) is 4.17. The van der Waals surface area contributed by atoms with E-state index in [2.05, 4.69) is 10.3 Å². The van der Waals surface area contributed by atoms with Gasteiger partial charge in [0.1, 0.15) is 17.3 Å². The van der Waals surface area contributed by atoms with Gasteiger partial charge in [0, 0.05) is 15.8 Å². The number of nitrogens with zero attached hydrogens (tertiary/aromatic N) is 1. The van der Waals surface area contributed by atoms with Crippen molar-refractivity contribution in [2.75, 3.05) is 14.2 Å². The SMILES string of the molecule is CNC(c1cc2cc(F)ccc2s1)c1ncccc1OC. The van der Waals surface area contributed by atoms with E-state index in [1.807, 2.05) is 25.2 Å². The molecule has 0 saturated heterocycles. The minimum atomic E-state index is -0.219. The molecule has 1 atom stereocenters. The second-order valence-electron chi connectivity index (χ2n) is 4.64. The molecule has 5 heteroatoms. The van der Waals surface area contributed by atoms with E-state index in [-0.39, 0.29) is 11.9 Å². The largest absolute Gasteiger partial charge is 0.495 e. The van der Waals surface area contributed by atoms with Gasteiger partial charge in [-0.05, 0) is 48.8 Å². The van der Waals surface area contributed by atoms with Gasteiger partial charge in [0.2, 0.25) is 0 Å². The first kappa shape index (κ1) is 14.0. The fourth-order valence-corrected chi connectivity index (χ4v) is 3.54. The van der Waals surface area contributed by atoms with Gasteiger partial charge in [-0.15, -0.1) is 11.3 Å². The quantitative estimate of drug-likeness (QED) is 0.797. The van der Waals surface area contributed by atoms with Crippen LogP contribution in [0.4, 0.5) is 4.39 Å². The van der Waals surface area contributed by atoms with Crippen molar-refractivity contribution in [1.29, 1.82) is 0 Å². The van der Waals surface area contributed by atoms with Crippen LogP contribution in [0.5, 0.6) is 5.75 Å². The van der Waals surface area contributed by atoms with E-state index in [9.17, 15) is 4.39 Å². The number of ether oxygens (including phenoxy) is 1. The van der Waals surface area contributed by atoms with Crippen molar-refractivity contribution in [2.45, 2.75) is 6.04 Å².